The number of aromatic amines is 2. The number of benzene rings is 3. The number of methoxy groups -OCH3 is 1. The number of nitrogens with one attached hydrogen (secondary N) is 4. The number of imidazole rings is 2. The quantitative estimate of drug-likeness (QED) is 0.0782. The molecule has 3 aliphatic rings. The first-order valence-corrected chi connectivity index (χ1v) is 21.2. The minimum Gasteiger partial charge on any atom is -0.465 e. The molecule has 14 nitrogen and oxygen atoms in total. The maximum absolute atomic E-state index is 14.2. The minimum absolute atomic E-state index is 0.0113. The van der Waals surface area contributed by atoms with Crippen molar-refractivity contribution in [3.8, 4) is 33.6 Å². The molecule has 3 fully saturated rings. The summed E-state index contributed by atoms with van der Waals surface area (Å²) in [5.41, 5.74) is 6.44. The number of carboxylic acid groups (broad SMARTS) is 1. The van der Waals surface area contributed by atoms with Crippen LogP contribution in [0.3, 0.4) is 0 Å². The first-order chi connectivity index (χ1) is 29.5. The average Bonchev–Trinajstić information content (AvgIpc) is 3.59. The topological polar surface area (TPSA) is 186 Å². The molecule has 4 heterocycles. The number of hydrogen-bond acceptors (Lipinski definition) is 7. The maximum atomic E-state index is 14.2. The molecule has 2 aromatic heterocycles. The van der Waals surface area contributed by atoms with Gasteiger partial charge in [-0.15, -0.1) is 0 Å². The van der Waals surface area contributed by atoms with Crippen LogP contribution in [0, 0.1) is 23.7 Å². The lowest BCUT2D eigenvalue weighted by molar-refractivity contribution is -0.138. The minimum atomic E-state index is -1.23. The van der Waals surface area contributed by atoms with E-state index in [-0.39, 0.29) is 53.5 Å². The van der Waals surface area contributed by atoms with Gasteiger partial charge in [-0.3, -0.25) is 14.4 Å². The van der Waals surface area contributed by atoms with Crippen LogP contribution in [0.1, 0.15) is 81.8 Å². The number of nitrogens with zero attached hydrogens (tertiary/aromatic N) is 4. The van der Waals surface area contributed by atoms with Crippen molar-refractivity contribution in [2.45, 2.75) is 70.6 Å². The molecule has 8 rings (SSSR count). The van der Waals surface area contributed by atoms with E-state index in [2.05, 4.69) is 63.9 Å². The predicted octanol–water partition coefficient (Wildman–Crippen LogP) is 7.14. The number of likely N-dealkylation sites (tertiary alicyclic amines) is 2. The number of ether oxygens (including phenoxy) is 1. The molecule has 0 unspecified atom stereocenters. The summed E-state index contributed by atoms with van der Waals surface area (Å²) in [6.45, 7) is 7.31. The molecule has 0 spiro atoms. The Morgan fingerprint density at radius 3 is 1.82 bits per heavy atom. The second kappa shape index (κ2) is 17.7. The number of H-pyrrole nitrogens is 2. The average molecular weight is 827 g/mol. The van der Waals surface area contributed by atoms with E-state index in [1.807, 2.05) is 67.4 Å². The highest BCUT2D eigenvalue weighted by atomic mass is 16.5. The summed E-state index contributed by atoms with van der Waals surface area (Å²) in [6.07, 6.45) is 5.50. The molecule has 5 aromatic rings. The van der Waals surface area contributed by atoms with E-state index in [0.717, 1.165) is 64.3 Å². The van der Waals surface area contributed by atoms with Gasteiger partial charge in [-0.1, -0.05) is 99.6 Å². The van der Waals surface area contributed by atoms with Gasteiger partial charge in [0.05, 0.1) is 42.5 Å². The molecular weight excluding hydrogens is 773 g/mol. The number of aromatic nitrogens is 4. The first kappa shape index (κ1) is 41.5. The van der Waals surface area contributed by atoms with Gasteiger partial charge in [0.2, 0.25) is 17.7 Å². The second-order valence-electron chi connectivity index (χ2n) is 17.2. The third-order valence-corrected chi connectivity index (χ3v) is 12.2. The molecule has 318 valence electrons. The summed E-state index contributed by atoms with van der Waals surface area (Å²) in [7, 11) is 1.64. The van der Waals surface area contributed by atoms with Crippen LogP contribution in [0.4, 0.5) is 4.79 Å². The first-order valence-electron chi connectivity index (χ1n) is 21.2. The molecule has 2 aliphatic heterocycles. The van der Waals surface area contributed by atoms with Gasteiger partial charge in [-0.05, 0) is 65.3 Å². The lowest BCUT2D eigenvalue weighted by atomic mass is 10.0. The number of amides is 4. The van der Waals surface area contributed by atoms with Gasteiger partial charge in [-0.2, -0.15) is 0 Å². The van der Waals surface area contributed by atoms with Crippen molar-refractivity contribution in [2.75, 3.05) is 26.8 Å². The van der Waals surface area contributed by atoms with Crippen molar-refractivity contribution >= 4 is 23.8 Å². The molecule has 0 radical (unpaired) electrons. The van der Waals surface area contributed by atoms with E-state index in [1.165, 1.54) is 0 Å². The normalized spacial score (nSPS) is 21.1. The van der Waals surface area contributed by atoms with Gasteiger partial charge in [0.1, 0.15) is 23.7 Å². The van der Waals surface area contributed by atoms with Crippen molar-refractivity contribution in [1.29, 1.82) is 0 Å². The van der Waals surface area contributed by atoms with Gasteiger partial charge < -0.3 is 40.2 Å². The molecule has 6 atom stereocenters. The molecule has 1 saturated carbocycles. The predicted molar refractivity (Wildman–Crippen MR) is 230 cm³/mol. The Hall–Kier alpha value is -6.28. The number of hydrogen-bond donors (Lipinski definition) is 5. The van der Waals surface area contributed by atoms with E-state index < -0.39 is 18.2 Å². The Kier molecular flexibility index (Phi) is 12.1. The monoisotopic (exact) mass is 826 g/mol. The van der Waals surface area contributed by atoms with Crippen molar-refractivity contribution in [3.63, 3.8) is 0 Å². The van der Waals surface area contributed by atoms with Crippen molar-refractivity contribution in [2.24, 2.45) is 23.7 Å². The molecule has 3 aromatic carbocycles. The summed E-state index contributed by atoms with van der Waals surface area (Å²) >= 11 is 0. The van der Waals surface area contributed by atoms with Crippen molar-refractivity contribution < 1.29 is 29.0 Å². The fraction of sp³-hybridized carbons (Fsp3) is 0.404. The summed E-state index contributed by atoms with van der Waals surface area (Å²) in [4.78, 5) is 72.4. The van der Waals surface area contributed by atoms with E-state index >= 15 is 0 Å². The zero-order valence-electron chi connectivity index (χ0n) is 35.0. The van der Waals surface area contributed by atoms with Crippen LogP contribution in [0.15, 0.2) is 91.3 Å². The van der Waals surface area contributed by atoms with Gasteiger partial charge in [-0.25, -0.2) is 14.8 Å². The van der Waals surface area contributed by atoms with Gasteiger partial charge >= 0.3 is 6.09 Å². The van der Waals surface area contributed by atoms with Crippen LogP contribution in [-0.4, -0.2) is 91.5 Å². The molecule has 61 heavy (non-hydrogen) atoms. The van der Waals surface area contributed by atoms with Crippen LogP contribution in [0.2, 0.25) is 0 Å². The highest BCUT2D eigenvalue weighted by Crippen LogP contribution is 2.39. The lowest BCUT2D eigenvalue weighted by Gasteiger charge is -2.29. The molecule has 2 saturated heterocycles. The van der Waals surface area contributed by atoms with Crippen molar-refractivity contribution in [3.05, 3.63) is 108 Å². The van der Waals surface area contributed by atoms with Crippen LogP contribution in [0.25, 0.3) is 33.6 Å². The molecule has 1 aliphatic carbocycles. The van der Waals surface area contributed by atoms with Gasteiger partial charge in [0, 0.05) is 32.0 Å². The lowest BCUT2D eigenvalue weighted by Crippen LogP contribution is -2.51. The summed E-state index contributed by atoms with van der Waals surface area (Å²) in [6, 6.07) is 23.7. The SMILES string of the molecule is COC[C@H]1C[C@@H](c2ncc(-c3ccc(-c4ccc(-c5cnc([C@@H]6C[C@H](C)CN6C(=O)[C@H](NC(=O)C6CC6)c6ccccc6)[nH]5)cc4)cc3)[nH]2)N(C(=O)[C@@H](NC(=O)O)C(C)C)C1. The summed E-state index contributed by atoms with van der Waals surface area (Å²) in [5, 5.41) is 14.9. The number of carbonyl (C=O) groups excluding carboxylic acids is 3. The van der Waals surface area contributed by atoms with Crippen LogP contribution < -0.4 is 10.6 Å². The Labute approximate surface area is 355 Å². The number of rotatable bonds is 14. The third-order valence-electron chi connectivity index (χ3n) is 12.2. The van der Waals surface area contributed by atoms with Gasteiger partial charge in [0.15, 0.2) is 0 Å². The summed E-state index contributed by atoms with van der Waals surface area (Å²) in [5.74, 6) is 1.05. The smallest absolute Gasteiger partial charge is 0.405 e. The zero-order valence-corrected chi connectivity index (χ0v) is 35.0. The Morgan fingerprint density at radius 2 is 1.30 bits per heavy atom. The largest absolute Gasteiger partial charge is 0.465 e. The van der Waals surface area contributed by atoms with E-state index in [1.54, 1.807) is 18.2 Å². The maximum Gasteiger partial charge on any atom is 0.405 e. The highest BCUT2D eigenvalue weighted by molar-refractivity contribution is 5.91. The molecule has 14 heteroatoms. The second-order valence-corrected chi connectivity index (χ2v) is 17.2. The zero-order chi connectivity index (χ0) is 42.8. The molecular formula is C47H54N8O6. The summed E-state index contributed by atoms with van der Waals surface area (Å²) < 4.78 is 5.42. The number of carbonyl (C=O) groups is 4. The molecule has 4 amide bonds. The highest BCUT2D eigenvalue weighted by Gasteiger charge is 2.43. The van der Waals surface area contributed by atoms with Crippen molar-refractivity contribution in [1.82, 2.24) is 40.4 Å². The van der Waals surface area contributed by atoms with Crippen LogP contribution in [-0.2, 0) is 19.1 Å². The van der Waals surface area contributed by atoms with Crippen LogP contribution >= 0.6 is 0 Å². The van der Waals surface area contributed by atoms with Gasteiger partial charge in [0.25, 0.3) is 0 Å². The molecule has 0 bridgehead atoms. The Morgan fingerprint density at radius 1 is 0.754 bits per heavy atom. The van der Waals surface area contributed by atoms with E-state index in [4.69, 9.17) is 14.7 Å². The third kappa shape index (κ3) is 9.09. The molecule has 5 N–H and O–H groups in total. The Balaban J connectivity index is 0.945. The van der Waals surface area contributed by atoms with E-state index in [0.29, 0.717) is 31.9 Å². The van der Waals surface area contributed by atoms with Crippen LogP contribution in [0.5, 0.6) is 0 Å². The van der Waals surface area contributed by atoms with E-state index in [9.17, 15) is 24.3 Å². The fourth-order valence-corrected chi connectivity index (χ4v) is 8.85. The fourth-order valence-electron chi connectivity index (χ4n) is 8.85. The standard InChI is InChI=1S/C47H54N8O6/c1-27(2)40(53-47(59)60)45(57)55-25-29(26-61-4)21-39(55)43-49-23-37(51-43)33-16-12-31(13-17-33)30-10-14-32(15-11-30)36-22-48-42(50-36)38-20-28(3)24-54(38)46(58)41(34-8-6-5-7-9-34)52-44(56)35-18-19-35/h5-17,22-23,27-29,35,38-41,53H,18-21,24-26H2,1-4H3,(H,48,50)(H,49,51)(H,52,56)(H,59,60)/t28-,29-,38-,39-,40-,41+/m0/s1. The Bertz CT molecular complexity index is 2340.